The molecular formula is C12H10N4. The fraction of sp³-hybridized carbons (Fsp3) is 0.167. The second-order valence-corrected chi connectivity index (χ2v) is 3.31. The molecule has 0 fully saturated rings. The smallest absolute Gasteiger partial charge is 0.0646 e. The van der Waals surface area contributed by atoms with Crippen molar-refractivity contribution >= 4 is 0 Å². The molecule has 0 radical (unpaired) electrons. The molecule has 16 heavy (non-hydrogen) atoms. The molecule has 0 bridgehead atoms. The monoisotopic (exact) mass is 210 g/mol. The van der Waals surface area contributed by atoms with Crippen LogP contribution in [-0.4, -0.2) is 19.6 Å². The minimum Gasteiger partial charge on any atom is -0.275 e. The average molecular weight is 210 g/mol. The molecule has 4 heteroatoms. The van der Waals surface area contributed by atoms with Gasteiger partial charge in [0.15, 0.2) is 0 Å². The molecule has 0 amide bonds. The molecule has 0 saturated heterocycles. The Morgan fingerprint density at radius 1 is 0.875 bits per heavy atom. The van der Waals surface area contributed by atoms with Crippen LogP contribution in [0, 0.1) is 23.7 Å². The summed E-state index contributed by atoms with van der Waals surface area (Å²) in [5.41, 5.74) is 1.73. The highest BCUT2D eigenvalue weighted by Gasteiger charge is 1.88. The molecule has 0 aliphatic heterocycles. The van der Waals surface area contributed by atoms with E-state index in [1.807, 2.05) is 26.5 Å². The molecule has 2 rings (SSSR count). The third-order valence-corrected chi connectivity index (χ3v) is 1.89. The maximum Gasteiger partial charge on any atom is 0.0646 e. The van der Waals surface area contributed by atoms with Gasteiger partial charge in [-0.3, -0.25) is 9.36 Å². The van der Waals surface area contributed by atoms with E-state index in [-0.39, 0.29) is 0 Å². The Kier molecular flexibility index (Phi) is 2.75. The summed E-state index contributed by atoms with van der Waals surface area (Å²) in [6.07, 6.45) is 7.11. The predicted octanol–water partition coefficient (Wildman–Crippen LogP) is 0.557. The van der Waals surface area contributed by atoms with Gasteiger partial charge < -0.3 is 0 Å². The van der Waals surface area contributed by atoms with Gasteiger partial charge in [-0.1, -0.05) is 0 Å². The molecule has 2 aromatic rings. The molecule has 0 N–H and O–H groups in total. The van der Waals surface area contributed by atoms with E-state index in [0.717, 1.165) is 11.1 Å². The van der Waals surface area contributed by atoms with E-state index in [1.54, 1.807) is 21.8 Å². The van der Waals surface area contributed by atoms with Crippen molar-refractivity contribution in [2.75, 3.05) is 0 Å². The lowest BCUT2D eigenvalue weighted by molar-refractivity contribution is 0.767. The van der Waals surface area contributed by atoms with Crippen molar-refractivity contribution < 1.29 is 0 Å². The summed E-state index contributed by atoms with van der Waals surface area (Å²) in [5.74, 6) is 11.4. The summed E-state index contributed by atoms with van der Waals surface area (Å²) in [7, 11) is 3.71. The molecule has 0 aromatic carbocycles. The fourth-order valence-electron chi connectivity index (χ4n) is 1.18. The summed E-state index contributed by atoms with van der Waals surface area (Å²) in [5, 5.41) is 8.02. The van der Waals surface area contributed by atoms with E-state index in [4.69, 9.17) is 0 Å². The van der Waals surface area contributed by atoms with Crippen LogP contribution in [-0.2, 0) is 14.1 Å². The molecular weight excluding hydrogens is 200 g/mol. The standard InChI is InChI=1S/C12H10N4/c1-15-9-11(7-13-15)5-3-4-6-12-8-14-16(2)10-12/h7-10H,1-2H3. The normalized spacial score (nSPS) is 8.88. The zero-order valence-corrected chi connectivity index (χ0v) is 9.10. The summed E-state index contributed by atoms with van der Waals surface area (Å²) < 4.78 is 3.41. The van der Waals surface area contributed by atoms with Gasteiger partial charge in [0.1, 0.15) is 0 Å². The molecule has 4 nitrogen and oxygen atoms in total. The Hall–Kier alpha value is -2.46. The van der Waals surface area contributed by atoms with Crippen molar-refractivity contribution in [3.05, 3.63) is 35.9 Å². The molecule has 2 aromatic heterocycles. The first-order valence-corrected chi connectivity index (χ1v) is 4.73. The number of rotatable bonds is 0. The van der Waals surface area contributed by atoms with Crippen molar-refractivity contribution in [2.45, 2.75) is 0 Å². The van der Waals surface area contributed by atoms with Crippen LogP contribution in [0.3, 0.4) is 0 Å². The number of hydrogen-bond acceptors (Lipinski definition) is 2. The number of hydrogen-bond donors (Lipinski definition) is 0. The molecule has 0 unspecified atom stereocenters. The van der Waals surface area contributed by atoms with Crippen molar-refractivity contribution in [1.82, 2.24) is 19.6 Å². The Labute approximate surface area is 93.9 Å². The maximum absolute atomic E-state index is 4.01. The first kappa shape index (κ1) is 10.1. The zero-order chi connectivity index (χ0) is 11.4. The van der Waals surface area contributed by atoms with Gasteiger partial charge in [0.25, 0.3) is 0 Å². The van der Waals surface area contributed by atoms with Crippen LogP contribution in [0.2, 0.25) is 0 Å². The van der Waals surface area contributed by atoms with Crippen LogP contribution in [0.1, 0.15) is 11.1 Å². The maximum atomic E-state index is 4.01. The van der Waals surface area contributed by atoms with E-state index in [1.165, 1.54) is 0 Å². The Morgan fingerprint density at radius 2 is 1.31 bits per heavy atom. The lowest BCUT2D eigenvalue weighted by atomic mass is 10.3. The number of aromatic nitrogens is 4. The molecule has 0 atom stereocenters. The number of aryl methyl sites for hydroxylation is 2. The van der Waals surface area contributed by atoms with Crippen molar-refractivity contribution in [3.63, 3.8) is 0 Å². The summed E-state index contributed by atoms with van der Waals surface area (Å²) in [6.45, 7) is 0. The van der Waals surface area contributed by atoms with Gasteiger partial charge in [-0.05, 0) is 23.7 Å². The molecule has 0 spiro atoms. The van der Waals surface area contributed by atoms with Crippen molar-refractivity contribution in [3.8, 4) is 23.7 Å². The molecule has 0 saturated carbocycles. The van der Waals surface area contributed by atoms with Crippen LogP contribution >= 0.6 is 0 Å². The van der Waals surface area contributed by atoms with Crippen molar-refractivity contribution in [2.24, 2.45) is 14.1 Å². The van der Waals surface area contributed by atoms with Crippen LogP contribution < -0.4 is 0 Å². The molecule has 0 aliphatic rings. The van der Waals surface area contributed by atoms with Gasteiger partial charge in [0, 0.05) is 26.5 Å². The second kappa shape index (κ2) is 4.37. The lowest BCUT2D eigenvalue weighted by Gasteiger charge is -1.79. The fourth-order valence-corrected chi connectivity index (χ4v) is 1.18. The van der Waals surface area contributed by atoms with Gasteiger partial charge in [-0.15, -0.1) is 0 Å². The SMILES string of the molecule is Cn1cc(C#CC#Cc2cnn(C)c2)cn1. The summed E-state index contributed by atoms with van der Waals surface area (Å²) in [4.78, 5) is 0. The van der Waals surface area contributed by atoms with Gasteiger partial charge in [-0.25, -0.2) is 0 Å². The van der Waals surface area contributed by atoms with Crippen LogP contribution in [0.25, 0.3) is 0 Å². The first-order valence-electron chi connectivity index (χ1n) is 4.73. The van der Waals surface area contributed by atoms with E-state index in [0.29, 0.717) is 0 Å². The molecule has 2 heterocycles. The highest BCUT2D eigenvalue weighted by Crippen LogP contribution is 1.92. The van der Waals surface area contributed by atoms with Crippen molar-refractivity contribution in [1.29, 1.82) is 0 Å². The minimum absolute atomic E-state index is 0.864. The quantitative estimate of drug-likeness (QED) is 0.595. The molecule has 78 valence electrons. The van der Waals surface area contributed by atoms with E-state index < -0.39 is 0 Å². The van der Waals surface area contributed by atoms with Crippen LogP contribution in [0.5, 0.6) is 0 Å². The van der Waals surface area contributed by atoms with Gasteiger partial charge >= 0.3 is 0 Å². The minimum atomic E-state index is 0.864. The van der Waals surface area contributed by atoms with Gasteiger partial charge in [0.05, 0.1) is 23.5 Å². The van der Waals surface area contributed by atoms with E-state index in [9.17, 15) is 0 Å². The number of nitrogens with zero attached hydrogens (tertiary/aromatic N) is 4. The Bertz CT molecular complexity index is 554. The molecule has 0 aliphatic carbocycles. The third-order valence-electron chi connectivity index (χ3n) is 1.89. The van der Waals surface area contributed by atoms with Crippen LogP contribution in [0.15, 0.2) is 24.8 Å². The zero-order valence-electron chi connectivity index (χ0n) is 9.10. The lowest BCUT2D eigenvalue weighted by Crippen LogP contribution is -1.84. The van der Waals surface area contributed by atoms with Gasteiger partial charge in [-0.2, -0.15) is 10.2 Å². The van der Waals surface area contributed by atoms with Crippen LogP contribution in [0.4, 0.5) is 0 Å². The second-order valence-electron chi connectivity index (χ2n) is 3.31. The topological polar surface area (TPSA) is 35.6 Å². The highest BCUT2D eigenvalue weighted by molar-refractivity contribution is 5.41. The van der Waals surface area contributed by atoms with Gasteiger partial charge in [0.2, 0.25) is 0 Å². The van der Waals surface area contributed by atoms with E-state index >= 15 is 0 Å². The summed E-state index contributed by atoms with van der Waals surface area (Å²) >= 11 is 0. The first-order chi connectivity index (χ1) is 7.74. The average Bonchev–Trinajstić information content (AvgIpc) is 2.83. The van der Waals surface area contributed by atoms with E-state index in [2.05, 4.69) is 33.9 Å². The summed E-state index contributed by atoms with van der Waals surface area (Å²) in [6, 6.07) is 0. The largest absolute Gasteiger partial charge is 0.275 e. The predicted molar refractivity (Wildman–Crippen MR) is 60.2 cm³/mol. The third kappa shape index (κ3) is 2.52. The highest BCUT2D eigenvalue weighted by atomic mass is 15.2. The Balaban J connectivity index is 2.08. The Morgan fingerprint density at radius 3 is 1.62 bits per heavy atom.